The van der Waals surface area contributed by atoms with Crippen LogP contribution < -0.4 is 5.73 Å². The van der Waals surface area contributed by atoms with Crippen LogP contribution in [0.3, 0.4) is 0 Å². The van der Waals surface area contributed by atoms with E-state index >= 15 is 0 Å². The molecule has 0 atom stereocenters. The molecule has 0 aliphatic heterocycles. The highest BCUT2D eigenvalue weighted by atomic mass is 16.5. The van der Waals surface area contributed by atoms with Gasteiger partial charge in [0.15, 0.2) is 0 Å². The topological polar surface area (TPSA) is 53.1 Å². The Balaban J connectivity index is 2.62. The molecule has 4 nitrogen and oxygen atoms in total. The molecule has 1 rings (SSSR count). The molecule has 1 aromatic rings. The molecule has 0 aromatic carbocycles. The number of rotatable bonds is 4. The molecule has 4 heteroatoms. The number of hydrogen-bond acceptors (Lipinski definition) is 3. The van der Waals surface area contributed by atoms with E-state index in [2.05, 4.69) is 5.10 Å². The molecule has 0 amide bonds. The van der Waals surface area contributed by atoms with Gasteiger partial charge in [0, 0.05) is 27.1 Å². The minimum Gasteiger partial charge on any atom is -0.384 e. The number of ether oxygens (including phenoxy) is 1. The van der Waals surface area contributed by atoms with Gasteiger partial charge in [0.25, 0.3) is 0 Å². The molecule has 0 aliphatic carbocycles. The van der Waals surface area contributed by atoms with Crippen LogP contribution in [0.2, 0.25) is 0 Å². The second-order valence-electron chi connectivity index (χ2n) is 2.70. The molecule has 0 fully saturated rings. The third kappa shape index (κ3) is 2.06. The normalized spacial score (nSPS) is 10.6. The Bertz CT molecular complexity index is 244. The second kappa shape index (κ2) is 4.23. The van der Waals surface area contributed by atoms with E-state index in [0.717, 1.165) is 17.8 Å². The first-order valence-electron chi connectivity index (χ1n) is 3.98. The lowest BCUT2D eigenvalue weighted by atomic mass is 10.3. The van der Waals surface area contributed by atoms with E-state index in [0.29, 0.717) is 13.2 Å². The Morgan fingerprint density at radius 3 is 2.92 bits per heavy atom. The lowest BCUT2D eigenvalue weighted by Gasteiger charge is -1.93. The smallest absolute Gasteiger partial charge is 0.0650 e. The summed E-state index contributed by atoms with van der Waals surface area (Å²) in [5, 5.41) is 4.28. The molecule has 68 valence electrons. The summed E-state index contributed by atoms with van der Waals surface area (Å²) >= 11 is 0. The maximum atomic E-state index is 5.50. The molecule has 0 aliphatic rings. The summed E-state index contributed by atoms with van der Waals surface area (Å²) in [5.74, 6) is 0. The molecule has 0 spiro atoms. The molecule has 0 saturated carbocycles. The van der Waals surface area contributed by atoms with Gasteiger partial charge < -0.3 is 10.5 Å². The number of aromatic nitrogens is 2. The van der Waals surface area contributed by atoms with Crippen molar-refractivity contribution < 1.29 is 4.74 Å². The summed E-state index contributed by atoms with van der Waals surface area (Å²) in [5.41, 5.74) is 7.60. The lowest BCUT2D eigenvalue weighted by Crippen LogP contribution is -2.03. The van der Waals surface area contributed by atoms with Gasteiger partial charge in [-0.1, -0.05) is 0 Å². The number of hydrogen-bond donors (Lipinski definition) is 1. The summed E-state index contributed by atoms with van der Waals surface area (Å²) < 4.78 is 6.76. The SMILES string of the molecule is COCCc1cc(CN)n(C)n1. The van der Waals surface area contributed by atoms with Gasteiger partial charge in [0.1, 0.15) is 0 Å². The number of nitrogens with two attached hydrogens (primary N) is 1. The summed E-state index contributed by atoms with van der Waals surface area (Å²) in [6.45, 7) is 1.25. The van der Waals surface area contributed by atoms with Crippen molar-refractivity contribution >= 4 is 0 Å². The van der Waals surface area contributed by atoms with Crippen molar-refractivity contribution in [3.63, 3.8) is 0 Å². The number of aryl methyl sites for hydroxylation is 1. The van der Waals surface area contributed by atoms with Gasteiger partial charge in [-0.05, 0) is 6.07 Å². The largest absolute Gasteiger partial charge is 0.384 e. The third-order valence-electron chi connectivity index (χ3n) is 1.80. The zero-order valence-corrected chi connectivity index (χ0v) is 7.58. The molecule has 0 unspecified atom stereocenters. The first kappa shape index (κ1) is 9.22. The Morgan fingerprint density at radius 1 is 1.67 bits per heavy atom. The highest BCUT2D eigenvalue weighted by Crippen LogP contribution is 2.02. The highest BCUT2D eigenvalue weighted by Gasteiger charge is 2.02. The van der Waals surface area contributed by atoms with Crippen molar-refractivity contribution in [1.82, 2.24) is 9.78 Å². The van der Waals surface area contributed by atoms with Crippen LogP contribution in [0.4, 0.5) is 0 Å². The fourth-order valence-electron chi connectivity index (χ4n) is 1.09. The first-order valence-corrected chi connectivity index (χ1v) is 3.98. The van der Waals surface area contributed by atoms with E-state index < -0.39 is 0 Å². The average molecular weight is 169 g/mol. The molecule has 1 heterocycles. The highest BCUT2D eigenvalue weighted by molar-refractivity contribution is 5.09. The Kier molecular flexibility index (Phi) is 3.25. The lowest BCUT2D eigenvalue weighted by molar-refractivity contribution is 0.201. The van der Waals surface area contributed by atoms with Gasteiger partial charge in [0.2, 0.25) is 0 Å². The van der Waals surface area contributed by atoms with Crippen LogP contribution in [0.1, 0.15) is 11.4 Å². The summed E-state index contributed by atoms with van der Waals surface area (Å²) in [4.78, 5) is 0. The summed E-state index contributed by atoms with van der Waals surface area (Å²) in [7, 11) is 3.59. The first-order chi connectivity index (χ1) is 5.77. The Morgan fingerprint density at radius 2 is 2.42 bits per heavy atom. The van der Waals surface area contributed by atoms with Crippen LogP contribution in [0.25, 0.3) is 0 Å². The standard InChI is InChI=1S/C8H15N3O/c1-11-8(6-9)5-7(10-11)3-4-12-2/h5H,3-4,6,9H2,1-2H3. The molecule has 0 bridgehead atoms. The Hall–Kier alpha value is -0.870. The van der Waals surface area contributed by atoms with Crippen LogP contribution in [-0.2, 0) is 24.8 Å². The van der Waals surface area contributed by atoms with Crippen LogP contribution >= 0.6 is 0 Å². The molecule has 12 heavy (non-hydrogen) atoms. The zero-order chi connectivity index (χ0) is 8.97. The number of methoxy groups -OCH3 is 1. The summed E-state index contributed by atoms with van der Waals surface area (Å²) in [6, 6.07) is 2.01. The van der Waals surface area contributed by atoms with Crippen molar-refractivity contribution in [3.8, 4) is 0 Å². The summed E-state index contributed by atoms with van der Waals surface area (Å²) in [6.07, 6.45) is 0.852. The van der Waals surface area contributed by atoms with E-state index in [1.54, 1.807) is 7.11 Å². The fraction of sp³-hybridized carbons (Fsp3) is 0.625. The minimum atomic E-state index is 0.538. The van der Waals surface area contributed by atoms with E-state index in [4.69, 9.17) is 10.5 Å². The predicted octanol–water partition coefficient (Wildman–Crippen LogP) is 0.0677. The van der Waals surface area contributed by atoms with E-state index in [1.165, 1.54) is 0 Å². The van der Waals surface area contributed by atoms with E-state index in [9.17, 15) is 0 Å². The molecule has 0 saturated heterocycles. The van der Waals surface area contributed by atoms with Crippen LogP contribution in [0.5, 0.6) is 0 Å². The van der Waals surface area contributed by atoms with Crippen LogP contribution in [0, 0.1) is 0 Å². The molecular formula is C8H15N3O. The maximum absolute atomic E-state index is 5.50. The third-order valence-corrected chi connectivity index (χ3v) is 1.80. The second-order valence-corrected chi connectivity index (χ2v) is 2.70. The van der Waals surface area contributed by atoms with Crippen molar-refractivity contribution in [2.45, 2.75) is 13.0 Å². The molecule has 1 aromatic heterocycles. The number of nitrogens with zero attached hydrogens (tertiary/aromatic N) is 2. The van der Waals surface area contributed by atoms with Gasteiger partial charge in [-0.15, -0.1) is 0 Å². The minimum absolute atomic E-state index is 0.538. The zero-order valence-electron chi connectivity index (χ0n) is 7.58. The Labute approximate surface area is 72.3 Å². The van der Waals surface area contributed by atoms with Gasteiger partial charge in [-0.2, -0.15) is 5.10 Å². The van der Waals surface area contributed by atoms with Crippen LogP contribution in [-0.4, -0.2) is 23.5 Å². The van der Waals surface area contributed by atoms with E-state index in [-0.39, 0.29) is 0 Å². The molecular weight excluding hydrogens is 154 g/mol. The monoisotopic (exact) mass is 169 g/mol. The molecule has 2 N–H and O–H groups in total. The quantitative estimate of drug-likeness (QED) is 0.693. The van der Waals surface area contributed by atoms with Gasteiger partial charge >= 0.3 is 0 Å². The molecule has 0 radical (unpaired) electrons. The van der Waals surface area contributed by atoms with Gasteiger partial charge in [0.05, 0.1) is 18.0 Å². The van der Waals surface area contributed by atoms with Gasteiger partial charge in [-0.3, -0.25) is 4.68 Å². The van der Waals surface area contributed by atoms with Crippen molar-refractivity contribution in [1.29, 1.82) is 0 Å². The van der Waals surface area contributed by atoms with Crippen LogP contribution in [0.15, 0.2) is 6.07 Å². The predicted molar refractivity (Wildman–Crippen MR) is 46.7 cm³/mol. The average Bonchev–Trinajstić information content (AvgIpc) is 2.43. The van der Waals surface area contributed by atoms with E-state index in [1.807, 2.05) is 17.8 Å². The fourth-order valence-corrected chi connectivity index (χ4v) is 1.09. The maximum Gasteiger partial charge on any atom is 0.0650 e. The van der Waals surface area contributed by atoms with Gasteiger partial charge in [-0.25, -0.2) is 0 Å². The van der Waals surface area contributed by atoms with Crippen molar-refractivity contribution in [2.24, 2.45) is 12.8 Å². The van der Waals surface area contributed by atoms with Crippen molar-refractivity contribution in [3.05, 3.63) is 17.5 Å². The van der Waals surface area contributed by atoms with Crippen molar-refractivity contribution in [2.75, 3.05) is 13.7 Å².